The molecule has 0 aliphatic carbocycles. The van der Waals surface area contributed by atoms with E-state index in [0.717, 1.165) is 42.1 Å². The molecule has 0 amide bonds. The van der Waals surface area contributed by atoms with Crippen molar-refractivity contribution in [1.82, 2.24) is 19.2 Å². The summed E-state index contributed by atoms with van der Waals surface area (Å²) in [6.07, 6.45) is 2.63. The van der Waals surface area contributed by atoms with E-state index in [1.54, 1.807) is 27.7 Å². The minimum absolute atomic E-state index is 0.0613. The molecule has 0 fully saturated rings. The monoisotopic (exact) mass is 486 g/mol. The van der Waals surface area contributed by atoms with E-state index in [9.17, 15) is 4.79 Å². The number of halogens is 1. The molecule has 1 aromatic carbocycles. The third kappa shape index (κ3) is 3.69. The van der Waals surface area contributed by atoms with E-state index in [1.807, 2.05) is 48.6 Å². The lowest BCUT2D eigenvalue weighted by Crippen LogP contribution is -2.32. The lowest BCUT2D eigenvalue weighted by Gasteiger charge is -2.29. The fourth-order valence-corrected chi connectivity index (χ4v) is 6.36. The molecule has 166 valence electrons. The molecule has 9 heteroatoms. The number of thioether (sulfide) groups is 1. The zero-order chi connectivity index (χ0) is 22.6. The van der Waals surface area contributed by atoms with Gasteiger partial charge in [-0.3, -0.25) is 4.79 Å². The number of aromatic nitrogens is 4. The molecule has 0 atom stereocenters. The van der Waals surface area contributed by atoms with Crippen LogP contribution in [0.15, 0.2) is 45.3 Å². The van der Waals surface area contributed by atoms with E-state index in [-0.39, 0.29) is 11.2 Å². The zero-order valence-electron chi connectivity index (χ0n) is 18.3. The first kappa shape index (κ1) is 21.7. The molecule has 1 aliphatic heterocycles. The molecule has 6 nitrogen and oxygen atoms in total. The Morgan fingerprint density at radius 3 is 2.94 bits per heavy atom. The third-order valence-corrected chi connectivity index (χ3v) is 7.74. The Bertz CT molecular complexity index is 1440. The van der Waals surface area contributed by atoms with E-state index in [0.29, 0.717) is 24.6 Å². The minimum atomic E-state index is -0.315. The Labute approximate surface area is 198 Å². The van der Waals surface area contributed by atoms with E-state index >= 15 is 0 Å². The Kier molecular flexibility index (Phi) is 5.44. The normalized spacial score (nSPS) is 16.1. The average molecular weight is 487 g/mol. The van der Waals surface area contributed by atoms with Gasteiger partial charge in [0.15, 0.2) is 5.16 Å². The maximum atomic E-state index is 13.9. The van der Waals surface area contributed by atoms with Crippen LogP contribution in [0.3, 0.4) is 0 Å². The highest BCUT2D eigenvalue weighted by atomic mass is 35.5. The number of hydrogen-bond acceptors (Lipinski definition) is 6. The SMILES string of the molecule is C/C(Cl)=C/CSc1nnc2n(-c3cccc(C)c3)c(=O)c3c4c(sc3n12)COC(C)(C)C4. The number of allylic oxidation sites excluding steroid dienone is 1. The van der Waals surface area contributed by atoms with Gasteiger partial charge in [0.25, 0.3) is 5.56 Å². The van der Waals surface area contributed by atoms with Crippen molar-refractivity contribution < 1.29 is 4.74 Å². The summed E-state index contributed by atoms with van der Waals surface area (Å²) in [7, 11) is 0. The molecule has 0 saturated carbocycles. The number of thiophene rings is 1. The van der Waals surface area contributed by atoms with Crippen molar-refractivity contribution in [3.63, 3.8) is 0 Å². The van der Waals surface area contributed by atoms with Gasteiger partial charge in [-0.2, -0.15) is 0 Å². The summed E-state index contributed by atoms with van der Waals surface area (Å²) in [6, 6.07) is 7.91. The minimum Gasteiger partial charge on any atom is -0.370 e. The largest absolute Gasteiger partial charge is 0.370 e. The Hall–Kier alpha value is -2.13. The second kappa shape index (κ2) is 8.02. The van der Waals surface area contributed by atoms with Crippen LogP contribution in [-0.2, 0) is 17.8 Å². The number of ether oxygens (including phenoxy) is 1. The Morgan fingerprint density at radius 2 is 2.19 bits per heavy atom. The van der Waals surface area contributed by atoms with Crippen LogP contribution in [0.1, 0.15) is 36.8 Å². The average Bonchev–Trinajstić information content (AvgIpc) is 3.28. The maximum absolute atomic E-state index is 13.9. The number of fused-ring (bicyclic) bond motifs is 5. The fraction of sp³-hybridized carbons (Fsp3) is 0.348. The van der Waals surface area contributed by atoms with Crippen molar-refractivity contribution in [3.05, 3.63) is 61.7 Å². The molecule has 0 spiro atoms. The Morgan fingerprint density at radius 1 is 1.38 bits per heavy atom. The fourth-order valence-electron chi connectivity index (χ4n) is 4.03. The van der Waals surface area contributed by atoms with Crippen LogP contribution in [0.2, 0.25) is 0 Å². The van der Waals surface area contributed by atoms with Gasteiger partial charge < -0.3 is 4.74 Å². The first-order valence-corrected chi connectivity index (χ1v) is 12.5. The molecular weight excluding hydrogens is 464 g/mol. The summed E-state index contributed by atoms with van der Waals surface area (Å²) in [5.41, 5.74) is 2.56. The molecule has 0 N–H and O–H groups in total. The Balaban J connectivity index is 1.85. The first-order chi connectivity index (χ1) is 15.2. The number of hydrogen-bond donors (Lipinski definition) is 0. The van der Waals surface area contributed by atoms with E-state index in [4.69, 9.17) is 16.3 Å². The van der Waals surface area contributed by atoms with Crippen LogP contribution in [0, 0.1) is 6.92 Å². The predicted molar refractivity (Wildman–Crippen MR) is 132 cm³/mol. The number of rotatable bonds is 4. The van der Waals surface area contributed by atoms with Crippen LogP contribution in [0.4, 0.5) is 0 Å². The maximum Gasteiger partial charge on any atom is 0.268 e. The van der Waals surface area contributed by atoms with Crippen LogP contribution in [-0.4, -0.2) is 30.5 Å². The summed E-state index contributed by atoms with van der Waals surface area (Å²) in [5.74, 6) is 1.18. The quantitative estimate of drug-likeness (QED) is 0.357. The van der Waals surface area contributed by atoms with Gasteiger partial charge in [0.2, 0.25) is 5.78 Å². The molecule has 4 heterocycles. The summed E-state index contributed by atoms with van der Waals surface area (Å²) >= 11 is 9.16. The van der Waals surface area contributed by atoms with Crippen molar-refractivity contribution in [2.24, 2.45) is 0 Å². The van der Waals surface area contributed by atoms with Gasteiger partial charge in [-0.25, -0.2) is 8.97 Å². The molecule has 4 aromatic rings. The zero-order valence-corrected chi connectivity index (χ0v) is 20.7. The number of benzene rings is 1. The smallest absolute Gasteiger partial charge is 0.268 e. The van der Waals surface area contributed by atoms with Gasteiger partial charge >= 0.3 is 0 Å². The molecule has 5 rings (SSSR count). The first-order valence-electron chi connectivity index (χ1n) is 10.4. The van der Waals surface area contributed by atoms with Crippen LogP contribution < -0.4 is 5.56 Å². The van der Waals surface area contributed by atoms with Crippen LogP contribution in [0.25, 0.3) is 21.7 Å². The van der Waals surface area contributed by atoms with Crippen molar-refractivity contribution >= 4 is 50.7 Å². The van der Waals surface area contributed by atoms with Gasteiger partial charge in [0.05, 0.1) is 23.3 Å². The second-order valence-electron chi connectivity index (χ2n) is 8.61. The standard InChI is InChI=1S/C23H23ClN4O2S2/c1-13-6-5-7-15(10-13)27-19(29)18-16-11-23(3,4)30-12-17(16)32-20(18)28-21(27)25-26-22(28)31-9-8-14(2)24/h5-8,10H,9,11-12H2,1-4H3/b14-8-. The highest BCUT2D eigenvalue weighted by molar-refractivity contribution is 7.99. The van der Waals surface area contributed by atoms with Gasteiger partial charge in [0.1, 0.15) is 4.83 Å². The van der Waals surface area contributed by atoms with Crippen LogP contribution >= 0.6 is 34.7 Å². The molecule has 0 bridgehead atoms. The second-order valence-corrected chi connectivity index (χ2v) is 11.3. The van der Waals surface area contributed by atoms with E-state index < -0.39 is 0 Å². The third-order valence-electron chi connectivity index (χ3n) is 5.54. The van der Waals surface area contributed by atoms with E-state index in [2.05, 4.69) is 24.0 Å². The molecule has 0 unspecified atom stereocenters. The predicted octanol–water partition coefficient (Wildman–Crippen LogP) is 5.49. The molecule has 32 heavy (non-hydrogen) atoms. The molecule has 3 aromatic heterocycles. The topological polar surface area (TPSA) is 61.4 Å². The molecule has 0 radical (unpaired) electrons. The summed E-state index contributed by atoms with van der Waals surface area (Å²) in [4.78, 5) is 15.9. The van der Waals surface area contributed by atoms with Crippen molar-refractivity contribution in [3.8, 4) is 5.69 Å². The molecular formula is C23H23ClN4O2S2. The lowest BCUT2D eigenvalue weighted by molar-refractivity contribution is -0.0379. The lowest BCUT2D eigenvalue weighted by atomic mass is 9.94. The number of nitrogens with zero attached hydrogens (tertiary/aromatic N) is 4. The summed E-state index contributed by atoms with van der Waals surface area (Å²) < 4.78 is 9.74. The van der Waals surface area contributed by atoms with Gasteiger partial charge in [0, 0.05) is 22.1 Å². The van der Waals surface area contributed by atoms with E-state index in [1.165, 1.54) is 0 Å². The molecule has 1 aliphatic rings. The summed E-state index contributed by atoms with van der Waals surface area (Å²) in [6.45, 7) is 8.51. The molecule has 0 saturated heterocycles. The van der Waals surface area contributed by atoms with Crippen LogP contribution in [0.5, 0.6) is 0 Å². The van der Waals surface area contributed by atoms with Crippen molar-refractivity contribution in [1.29, 1.82) is 0 Å². The van der Waals surface area contributed by atoms with Crippen molar-refractivity contribution in [2.45, 2.75) is 51.5 Å². The highest BCUT2D eigenvalue weighted by Crippen LogP contribution is 2.39. The highest BCUT2D eigenvalue weighted by Gasteiger charge is 2.32. The van der Waals surface area contributed by atoms with Gasteiger partial charge in [-0.05, 0) is 51.0 Å². The number of aryl methyl sites for hydroxylation is 1. The van der Waals surface area contributed by atoms with Gasteiger partial charge in [-0.15, -0.1) is 21.5 Å². The van der Waals surface area contributed by atoms with Crippen molar-refractivity contribution in [2.75, 3.05) is 5.75 Å². The van der Waals surface area contributed by atoms with Gasteiger partial charge in [-0.1, -0.05) is 41.6 Å². The summed E-state index contributed by atoms with van der Waals surface area (Å²) in [5, 5.41) is 11.1.